The molecule has 1 aliphatic heterocycles. The van der Waals surface area contributed by atoms with Crippen LogP contribution < -0.4 is 0 Å². The van der Waals surface area contributed by atoms with Crippen LogP contribution in [0.2, 0.25) is 0 Å². The summed E-state index contributed by atoms with van der Waals surface area (Å²) in [6, 6.07) is 11.2. The second-order valence-electron chi connectivity index (χ2n) is 6.98. The van der Waals surface area contributed by atoms with Gasteiger partial charge in [0.15, 0.2) is 0 Å². The van der Waals surface area contributed by atoms with E-state index in [4.69, 9.17) is 0 Å². The van der Waals surface area contributed by atoms with Crippen LogP contribution in [0.4, 0.5) is 0 Å². The highest BCUT2D eigenvalue weighted by atomic mass is 32.1. The molecule has 0 amide bonds. The average Bonchev–Trinajstić information content (AvgIpc) is 3.09. The monoisotopic (exact) mass is 359 g/mol. The molecule has 2 heterocycles. The van der Waals surface area contributed by atoms with Crippen molar-refractivity contribution in [3.63, 3.8) is 0 Å². The number of allylic oxidation sites excluding steroid dienone is 2. The lowest BCUT2D eigenvalue weighted by Gasteiger charge is -2.29. The summed E-state index contributed by atoms with van der Waals surface area (Å²) in [6.07, 6.45) is 9.60. The van der Waals surface area contributed by atoms with Gasteiger partial charge in [-0.15, -0.1) is 24.5 Å². The third-order valence-corrected chi connectivity index (χ3v) is 6.34. The Labute approximate surface area is 160 Å². The van der Waals surface area contributed by atoms with Gasteiger partial charge in [-0.1, -0.05) is 42.0 Å². The Balaban J connectivity index is 1.85. The second-order valence-corrected chi connectivity index (χ2v) is 7.90. The van der Waals surface area contributed by atoms with E-state index in [0.717, 1.165) is 38.9 Å². The summed E-state index contributed by atoms with van der Waals surface area (Å²) in [5.41, 5.74) is 8.61. The first-order valence-corrected chi connectivity index (χ1v) is 10.2. The number of fused-ring (bicyclic) bond motifs is 2. The number of benzene rings is 1. The molecule has 2 heteroatoms. The van der Waals surface area contributed by atoms with Crippen molar-refractivity contribution in [3.8, 4) is 0 Å². The van der Waals surface area contributed by atoms with E-state index in [1.165, 1.54) is 32.7 Å². The maximum atomic E-state index is 3.97. The summed E-state index contributed by atoms with van der Waals surface area (Å²) < 4.78 is 0. The third kappa shape index (κ3) is 3.15. The fraction of sp³-hybridized carbons (Fsp3) is 0.250. The van der Waals surface area contributed by atoms with Crippen LogP contribution in [0.5, 0.6) is 0 Å². The zero-order valence-corrected chi connectivity index (χ0v) is 16.0. The molecule has 2 aromatic rings. The smallest absolute Gasteiger partial charge is 0.0384 e. The van der Waals surface area contributed by atoms with Crippen LogP contribution in [-0.4, -0.2) is 24.5 Å². The van der Waals surface area contributed by atoms with Gasteiger partial charge in [0, 0.05) is 30.1 Å². The van der Waals surface area contributed by atoms with Crippen molar-refractivity contribution < 1.29 is 0 Å². The number of thiophene rings is 1. The number of hydrogen-bond donors (Lipinski definition) is 0. The summed E-state index contributed by atoms with van der Waals surface area (Å²) in [4.78, 5) is 3.91. The number of piperidine rings is 1. The van der Waals surface area contributed by atoms with E-state index in [-0.39, 0.29) is 0 Å². The van der Waals surface area contributed by atoms with Gasteiger partial charge in [0.2, 0.25) is 0 Å². The Kier molecular flexibility index (Phi) is 5.05. The fourth-order valence-electron chi connectivity index (χ4n) is 4.13. The van der Waals surface area contributed by atoms with Crippen molar-refractivity contribution in [2.75, 3.05) is 19.6 Å². The third-order valence-electron chi connectivity index (χ3n) is 5.35. The standard InChI is InChI=1S/C24H25NS/c1-3-7-20-17-19-8-5-6-9-21(19)23(22-12-16-26-24(20)22)18-10-14-25(13-4-2)15-11-18/h3-6,8-9,12,16-17H,1-2,7,10-11,13-15H2. The molecule has 0 saturated carbocycles. The minimum absolute atomic E-state index is 0.914. The van der Waals surface area contributed by atoms with E-state index in [9.17, 15) is 0 Å². The van der Waals surface area contributed by atoms with E-state index in [0.29, 0.717) is 0 Å². The number of nitrogens with zero attached hydrogens (tertiary/aromatic N) is 1. The lowest BCUT2D eigenvalue weighted by atomic mass is 9.87. The van der Waals surface area contributed by atoms with E-state index < -0.39 is 0 Å². The van der Waals surface area contributed by atoms with Gasteiger partial charge < -0.3 is 0 Å². The molecule has 1 fully saturated rings. The van der Waals surface area contributed by atoms with Crippen molar-refractivity contribution in [1.29, 1.82) is 0 Å². The summed E-state index contributed by atoms with van der Waals surface area (Å²) in [5.74, 6) is 0. The first kappa shape index (κ1) is 17.3. The van der Waals surface area contributed by atoms with Gasteiger partial charge in [-0.3, -0.25) is 4.90 Å². The SMILES string of the molecule is C=CCC1=Cc2ccccc2C(=C2CCN(CC=C)CC2)c2ccsc21. The predicted molar refractivity (Wildman–Crippen MR) is 115 cm³/mol. The molecule has 1 saturated heterocycles. The number of likely N-dealkylation sites (tertiary alicyclic amines) is 1. The Morgan fingerprint density at radius 3 is 2.58 bits per heavy atom. The molecular weight excluding hydrogens is 334 g/mol. The van der Waals surface area contributed by atoms with Crippen LogP contribution in [0.1, 0.15) is 40.8 Å². The molecular formula is C24H25NS. The largest absolute Gasteiger partial charge is 0.299 e. The highest BCUT2D eigenvalue weighted by Crippen LogP contribution is 2.44. The van der Waals surface area contributed by atoms with Gasteiger partial charge in [-0.2, -0.15) is 0 Å². The second kappa shape index (κ2) is 7.61. The van der Waals surface area contributed by atoms with Crippen molar-refractivity contribution in [3.05, 3.63) is 88.2 Å². The first-order chi connectivity index (χ1) is 12.8. The number of hydrogen-bond acceptors (Lipinski definition) is 2. The predicted octanol–water partition coefficient (Wildman–Crippen LogP) is 6.26. The van der Waals surface area contributed by atoms with Gasteiger partial charge in [0.25, 0.3) is 0 Å². The van der Waals surface area contributed by atoms with Gasteiger partial charge in [-0.25, -0.2) is 0 Å². The Morgan fingerprint density at radius 2 is 1.81 bits per heavy atom. The highest BCUT2D eigenvalue weighted by Gasteiger charge is 2.24. The Bertz CT molecular complexity index is 886. The topological polar surface area (TPSA) is 3.24 Å². The van der Waals surface area contributed by atoms with Crippen LogP contribution in [0.15, 0.2) is 66.6 Å². The highest BCUT2D eigenvalue weighted by molar-refractivity contribution is 7.11. The van der Waals surface area contributed by atoms with Crippen molar-refractivity contribution in [1.82, 2.24) is 4.90 Å². The molecule has 0 bridgehead atoms. The minimum atomic E-state index is 0.914. The molecule has 1 aromatic heterocycles. The van der Waals surface area contributed by atoms with Crippen molar-refractivity contribution >= 4 is 28.6 Å². The summed E-state index contributed by atoms with van der Waals surface area (Å²) in [6.45, 7) is 11.1. The Hall–Kier alpha value is -2.16. The van der Waals surface area contributed by atoms with Crippen molar-refractivity contribution in [2.45, 2.75) is 19.3 Å². The molecule has 4 rings (SSSR count). The summed E-state index contributed by atoms with van der Waals surface area (Å²) in [7, 11) is 0. The lowest BCUT2D eigenvalue weighted by Crippen LogP contribution is -2.31. The van der Waals surface area contributed by atoms with E-state index in [1.54, 1.807) is 5.57 Å². The number of rotatable bonds is 4. The van der Waals surface area contributed by atoms with Crippen LogP contribution in [0.25, 0.3) is 17.2 Å². The van der Waals surface area contributed by atoms with Crippen LogP contribution >= 0.6 is 11.3 Å². The zero-order valence-electron chi connectivity index (χ0n) is 15.2. The molecule has 2 aliphatic rings. The lowest BCUT2D eigenvalue weighted by molar-refractivity contribution is 0.283. The molecule has 1 aromatic carbocycles. The molecule has 1 aliphatic carbocycles. The first-order valence-electron chi connectivity index (χ1n) is 9.36. The van der Waals surface area contributed by atoms with E-state index >= 15 is 0 Å². The molecule has 1 nitrogen and oxygen atoms in total. The maximum absolute atomic E-state index is 3.97. The zero-order chi connectivity index (χ0) is 17.9. The maximum Gasteiger partial charge on any atom is 0.0384 e. The van der Waals surface area contributed by atoms with Crippen LogP contribution in [0, 0.1) is 0 Å². The van der Waals surface area contributed by atoms with Gasteiger partial charge in [-0.05, 0) is 59.1 Å². The molecule has 0 N–H and O–H groups in total. The fourth-order valence-corrected chi connectivity index (χ4v) is 5.06. The van der Waals surface area contributed by atoms with Crippen LogP contribution in [0.3, 0.4) is 0 Å². The summed E-state index contributed by atoms with van der Waals surface area (Å²) >= 11 is 1.86. The van der Waals surface area contributed by atoms with Crippen molar-refractivity contribution in [2.24, 2.45) is 0 Å². The molecule has 0 atom stereocenters. The van der Waals surface area contributed by atoms with Gasteiger partial charge in [0.05, 0.1) is 0 Å². The van der Waals surface area contributed by atoms with E-state index in [2.05, 4.69) is 59.8 Å². The average molecular weight is 360 g/mol. The minimum Gasteiger partial charge on any atom is -0.299 e. The van der Waals surface area contributed by atoms with Gasteiger partial charge >= 0.3 is 0 Å². The molecule has 0 radical (unpaired) electrons. The van der Waals surface area contributed by atoms with E-state index in [1.807, 2.05) is 23.5 Å². The van der Waals surface area contributed by atoms with Crippen LogP contribution in [-0.2, 0) is 0 Å². The molecule has 26 heavy (non-hydrogen) atoms. The normalized spacial score (nSPS) is 17.2. The quantitative estimate of drug-likeness (QED) is 0.582. The summed E-state index contributed by atoms with van der Waals surface area (Å²) in [5, 5.41) is 2.24. The Morgan fingerprint density at radius 1 is 1.00 bits per heavy atom. The molecule has 0 unspecified atom stereocenters. The van der Waals surface area contributed by atoms with Gasteiger partial charge in [0.1, 0.15) is 0 Å². The molecule has 132 valence electrons. The molecule has 0 spiro atoms.